The van der Waals surface area contributed by atoms with Crippen molar-refractivity contribution < 1.29 is 14.3 Å². The molecular weight excluding hydrogens is 504 g/mol. The molecule has 2 heterocycles. The van der Waals surface area contributed by atoms with Crippen molar-refractivity contribution >= 4 is 33.9 Å². The van der Waals surface area contributed by atoms with Crippen LogP contribution >= 0.6 is 0 Å². The van der Waals surface area contributed by atoms with Crippen molar-refractivity contribution in [3.63, 3.8) is 0 Å². The third-order valence-electron chi connectivity index (χ3n) is 6.12. The Bertz CT molecular complexity index is 1530. The molecule has 0 spiro atoms. The molecule has 0 radical (unpaired) electrons. The highest BCUT2D eigenvalue weighted by atomic mass is 16.5. The molecule has 5 aromatic rings. The zero-order chi connectivity index (χ0) is 29.1. The first kappa shape index (κ1) is 29.5. The summed E-state index contributed by atoms with van der Waals surface area (Å²) in [6, 6.07) is 23.7. The molecule has 2 aromatic heterocycles. The number of methoxy groups -OCH3 is 2. The summed E-state index contributed by atoms with van der Waals surface area (Å²) in [5, 5.41) is 9.71. The van der Waals surface area contributed by atoms with E-state index >= 15 is 0 Å². The lowest BCUT2D eigenvalue weighted by Crippen LogP contribution is -2.08. The first-order valence-electron chi connectivity index (χ1n) is 12.9. The fourth-order valence-electron chi connectivity index (χ4n) is 3.92. The molecule has 0 aliphatic heterocycles. The van der Waals surface area contributed by atoms with Gasteiger partial charge in [-0.3, -0.25) is 0 Å². The van der Waals surface area contributed by atoms with Crippen LogP contribution in [0.5, 0.6) is 5.75 Å². The smallest absolute Gasteiger partial charge is 0.343 e. The summed E-state index contributed by atoms with van der Waals surface area (Å²) in [6.07, 6.45) is 2.98. The van der Waals surface area contributed by atoms with Gasteiger partial charge < -0.3 is 26.3 Å². The molecule has 3 aromatic carbocycles. The third kappa shape index (κ3) is 6.87. The molecule has 9 nitrogen and oxygen atoms in total. The molecule has 0 fully saturated rings. The number of nitrogens with two attached hydrogens (primary N) is 2. The fraction of sp³-hybridized carbons (Fsp3) is 0.194. The van der Waals surface area contributed by atoms with E-state index in [9.17, 15) is 4.79 Å². The van der Waals surface area contributed by atoms with Crippen LogP contribution in [0.4, 0.5) is 17.2 Å². The molecule has 0 saturated heterocycles. The van der Waals surface area contributed by atoms with Gasteiger partial charge in [-0.2, -0.15) is 9.78 Å². The summed E-state index contributed by atoms with van der Waals surface area (Å²) in [5.74, 6) is 1.11. The second kappa shape index (κ2) is 14.2. The molecule has 208 valence electrons. The Morgan fingerprint density at radius 1 is 0.975 bits per heavy atom. The van der Waals surface area contributed by atoms with E-state index in [4.69, 9.17) is 16.2 Å². The van der Waals surface area contributed by atoms with Crippen molar-refractivity contribution in [1.29, 1.82) is 0 Å². The number of nitrogen functional groups attached to an aromatic ring is 2. The number of anilines is 3. The number of pyridine rings is 1. The minimum atomic E-state index is -0.514. The van der Waals surface area contributed by atoms with Crippen LogP contribution in [-0.2, 0) is 11.3 Å². The van der Waals surface area contributed by atoms with Crippen molar-refractivity contribution in [2.75, 3.05) is 31.0 Å². The number of carbonyl (C=O) groups is 1. The Hall–Kier alpha value is -5.05. The third-order valence-corrected chi connectivity index (χ3v) is 6.12. The lowest BCUT2D eigenvalue weighted by Gasteiger charge is -2.14. The van der Waals surface area contributed by atoms with Gasteiger partial charge in [0.1, 0.15) is 17.1 Å². The number of hydrogen-bond acceptors (Lipinski definition) is 8. The van der Waals surface area contributed by atoms with Crippen LogP contribution in [0.2, 0.25) is 0 Å². The molecule has 0 aliphatic rings. The lowest BCUT2D eigenvalue weighted by molar-refractivity contribution is 0.0602. The topological polar surface area (TPSA) is 130 Å². The van der Waals surface area contributed by atoms with Crippen LogP contribution in [0.15, 0.2) is 85.2 Å². The Labute approximate surface area is 234 Å². The van der Waals surface area contributed by atoms with Gasteiger partial charge in [-0.15, -0.1) is 0 Å². The standard InChI is InChI=1S/C19H20N2O.C10H10N4O2.C2H6/c1-13-15(11-14-5-3-4-6-18(14)19(13)20)12-21-16-7-9-17(22-2)10-8-16;1-16-10(15)7-6-13-14(9(7)11)8-4-2-3-5-12-8;1-2/h3-11,21H,12,20H2,1-2H3;2-6H,11H2,1H3;1-2H3. The Balaban J connectivity index is 0.000000217. The van der Waals surface area contributed by atoms with Crippen molar-refractivity contribution in [3.05, 3.63) is 102 Å². The van der Waals surface area contributed by atoms with Crippen LogP contribution in [0, 0.1) is 6.92 Å². The monoisotopic (exact) mass is 540 g/mol. The molecule has 0 amide bonds. The van der Waals surface area contributed by atoms with Gasteiger partial charge in [-0.25, -0.2) is 9.78 Å². The number of carbonyl (C=O) groups excluding carboxylic acids is 1. The summed E-state index contributed by atoms with van der Waals surface area (Å²) >= 11 is 0. The second-order valence-electron chi connectivity index (χ2n) is 8.41. The summed E-state index contributed by atoms with van der Waals surface area (Å²) in [4.78, 5) is 15.4. The average molecular weight is 541 g/mol. The van der Waals surface area contributed by atoms with E-state index in [2.05, 4.69) is 45.3 Å². The maximum Gasteiger partial charge on any atom is 0.343 e. The second-order valence-corrected chi connectivity index (χ2v) is 8.41. The van der Waals surface area contributed by atoms with E-state index in [1.807, 2.05) is 50.2 Å². The van der Waals surface area contributed by atoms with Crippen LogP contribution < -0.4 is 21.5 Å². The van der Waals surface area contributed by atoms with Gasteiger partial charge in [0, 0.05) is 29.5 Å². The normalized spacial score (nSPS) is 10.0. The highest BCUT2D eigenvalue weighted by molar-refractivity contribution is 5.95. The number of aromatic nitrogens is 3. The summed E-state index contributed by atoms with van der Waals surface area (Å²) < 4.78 is 11.1. The van der Waals surface area contributed by atoms with Gasteiger partial charge in [0.15, 0.2) is 5.82 Å². The van der Waals surface area contributed by atoms with Gasteiger partial charge in [-0.1, -0.05) is 44.2 Å². The zero-order valence-electron chi connectivity index (χ0n) is 23.5. The van der Waals surface area contributed by atoms with Crippen molar-refractivity contribution in [2.45, 2.75) is 27.3 Å². The fourth-order valence-corrected chi connectivity index (χ4v) is 3.92. The van der Waals surface area contributed by atoms with Crippen LogP contribution in [-0.4, -0.2) is 35.0 Å². The SMILES string of the molecule is CC.COC(=O)c1cnn(-c2ccccn2)c1N.COc1ccc(NCc2cc3ccccc3c(N)c2C)cc1. The number of esters is 1. The predicted octanol–water partition coefficient (Wildman–Crippen LogP) is 6.01. The number of rotatable bonds is 6. The van der Waals surface area contributed by atoms with Crippen LogP contribution in [0.3, 0.4) is 0 Å². The molecule has 40 heavy (non-hydrogen) atoms. The first-order chi connectivity index (χ1) is 19.4. The van der Waals surface area contributed by atoms with E-state index in [0.717, 1.165) is 34.6 Å². The minimum absolute atomic E-state index is 0.213. The maximum absolute atomic E-state index is 11.3. The van der Waals surface area contributed by atoms with Crippen LogP contribution in [0.1, 0.15) is 35.3 Å². The number of nitrogens with one attached hydrogen (secondary N) is 1. The summed E-state index contributed by atoms with van der Waals surface area (Å²) in [5.41, 5.74) is 16.6. The summed E-state index contributed by atoms with van der Waals surface area (Å²) in [7, 11) is 2.96. The molecule has 0 saturated carbocycles. The molecule has 0 atom stereocenters. The predicted molar refractivity (Wildman–Crippen MR) is 162 cm³/mol. The number of benzene rings is 3. The molecule has 0 bridgehead atoms. The number of nitrogens with zero attached hydrogens (tertiary/aromatic N) is 3. The Morgan fingerprint density at radius 3 is 2.33 bits per heavy atom. The largest absolute Gasteiger partial charge is 0.497 e. The minimum Gasteiger partial charge on any atom is -0.497 e. The van der Waals surface area contributed by atoms with Crippen molar-refractivity contribution in [2.24, 2.45) is 0 Å². The first-order valence-corrected chi connectivity index (χ1v) is 12.9. The maximum atomic E-state index is 11.3. The molecule has 5 rings (SSSR count). The molecule has 5 N–H and O–H groups in total. The van der Waals surface area contributed by atoms with E-state index < -0.39 is 5.97 Å². The van der Waals surface area contributed by atoms with Gasteiger partial charge in [0.25, 0.3) is 0 Å². The van der Waals surface area contributed by atoms with Crippen LogP contribution in [0.25, 0.3) is 16.6 Å². The quantitative estimate of drug-likeness (QED) is 0.176. The number of fused-ring (bicyclic) bond motifs is 1. The Kier molecular flexibility index (Phi) is 10.5. The number of ether oxygens (including phenoxy) is 2. The van der Waals surface area contributed by atoms with E-state index in [1.54, 1.807) is 31.5 Å². The average Bonchev–Trinajstić information content (AvgIpc) is 3.41. The molecule has 0 unspecified atom stereocenters. The zero-order valence-corrected chi connectivity index (χ0v) is 23.5. The van der Waals surface area contributed by atoms with Gasteiger partial charge in [-0.05, 0) is 65.9 Å². The van der Waals surface area contributed by atoms with E-state index in [0.29, 0.717) is 5.82 Å². The van der Waals surface area contributed by atoms with Gasteiger partial charge >= 0.3 is 5.97 Å². The number of hydrogen-bond donors (Lipinski definition) is 3. The molecular formula is C31H36N6O3. The molecule has 0 aliphatic carbocycles. The van der Waals surface area contributed by atoms with Gasteiger partial charge in [0.05, 0.1) is 20.4 Å². The highest BCUT2D eigenvalue weighted by Gasteiger charge is 2.16. The Morgan fingerprint density at radius 2 is 1.68 bits per heavy atom. The lowest BCUT2D eigenvalue weighted by atomic mass is 9.99. The van der Waals surface area contributed by atoms with E-state index in [-0.39, 0.29) is 11.4 Å². The van der Waals surface area contributed by atoms with Crippen molar-refractivity contribution in [3.8, 4) is 11.6 Å². The molecule has 9 heteroatoms. The van der Waals surface area contributed by atoms with Gasteiger partial charge in [0.2, 0.25) is 0 Å². The highest BCUT2D eigenvalue weighted by Crippen LogP contribution is 2.28. The summed E-state index contributed by atoms with van der Waals surface area (Å²) in [6.45, 7) is 6.82. The van der Waals surface area contributed by atoms with E-state index in [1.165, 1.54) is 28.9 Å². The van der Waals surface area contributed by atoms with Crippen molar-refractivity contribution in [1.82, 2.24) is 14.8 Å².